The van der Waals surface area contributed by atoms with Gasteiger partial charge in [-0.15, -0.1) is 0 Å². The molecule has 9 aromatic carbocycles. The van der Waals surface area contributed by atoms with Crippen molar-refractivity contribution in [3.8, 4) is 44.8 Å². The number of carboxylic acids is 1. The smallest absolute Gasteiger partial charge is 0.325 e. The molecule has 0 radical (unpaired) electrons. The van der Waals surface area contributed by atoms with Crippen LogP contribution in [0.25, 0.3) is 88.4 Å². The second kappa shape index (κ2) is 35.0. The Kier molecular flexibility index (Phi) is 24.3. The van der Waals surface area contributed by atoms with Gasteiger partial charge in [-0.2, -0.15) is 0 Å². The Hall–Kier alpha value is -10.4. The molecule has 7 heterocycles. The largest absolute Gasteiger partial charge is 0.480 e. The first-order valence-corrected chi connectivity index (χ1v) is 49.0. The minimum absolute atomic E-state index is 0.0882. The van der Waals surface area contributed by atoms with Gasteiger partial charge in [0, 0.05) is 43.4 Å². The van der Waals surface area contributed by atoms with Crippen LogP contribution >= 0.6 is 0 Å². The summed E-state index contributed by atoms with van der Waals surface area (Å²) in [5.41, 5.74) is 16.2. The van der Waals surface area contributed by atoms with Crippen molar-refractivity contribution >= 4 is 77.5 Å². The number of hydrogen-bond donors (Lipinski definition) is 5. The van der Waals surface area contributed by atoms with Crippen LogP contribution in [0.1, 0.15) is 169 Å². The molecule has 5 N–H and O–H groups in total. The first-order chi connectivity index (χ1) is 55.8. The number of H-pyrrole nitrogens is 4. The minimum atomic E-state index is -1.71. The molecule has 0 bridgehead atoms. The molecule has 3 aliphatic heterocycles. The second-order valence-corrected chi connectivity index (χ2v) is 43.9. The van der Waals surface area contributed by atoms with Gasteiger partial charge in [0.25, 0.3) is 0 Å². The topological polar surface area (TPSA) is 202 Å². The third-order valence-electron chi connectivity index (χ3n) is 25.1. The number of nitrogens with zero attached hydrogens (tertiary/aromatic N) is 9. The third-order valence-corrected chi connectivity index (χ3v) is 31.0. The quantitative estimate of drug-likeness (QED) is 0.0381. The number of carbonyl (C=O) groups is 3. The molecule has 2 amide bonds. The minimum Gasteiger partial charge on any atom is -0.480 e. The number of aromatic amines is 4. The second-order valence-electron chi connectivity index (χ2n) is 33.6. The molecule has 17 rings (SSSR count). The molecular formula is C96H113N13O4Si2. The summed E-state index contributed by atoms with van der Waals surface area (Å²) < 4.78 is 0. The average molecular weight is 1570 g/mol. The van der Waals surface area contributed by atoms with Crippen LogP contribution in [-0.2, 0) is 14.4 Å². The van der Waals surface area contributed by atoms with Gasteiger partial charge in [0.05, 0.1) is 66.0 Å². The summed E-state index contributed by atoms with van der Waals surface area (Å²) in [4.78, 5) is 85.4. The number of carboxylic acid groups (broad SMARTS) is 1. The maximum Gasteiger partial charge on any atom is 0.325 e. The zero-order valence-electron chi connectivity index (χ0n) is 68.7. The van der Waals surface area contributed by atoms with E-state index in [1.165, 1.54) is 77.5 Å². The highest BCUT2D eigenvalue weighted by molar-refractivity contribution is 6.78. The highest BCUT2D eigenvalue weighted by Crippen LogP contribution is 2.45. The third kappa shape index (κ3) is 17.2. The highest BCUT2D eigenvalue weighted by Gasteiger charge is 2.47. The van der Waals surface area contributed by atoms with Gasteiger partial charge in [0.2, 0.25) is 11.8 Å². The first-order valence-electron chi connectivity index (χ1n) is 42.2. The fourth-order valence-electron chi connectivity index (χ4n) is 18.8. The summed E-state index contributed by atoms with van der Waals surface area (Å²) in [5.74, 6) is 4.82. The number of hydrogen-bond acceptors (Lipinski definition) is 10. The summed E-state index contributed by atoms with van der Waals surface area (Å²) in [6, 6.07) is 71.8. The molecule has 6 atom stereocenters. The summed E-state index contributed by atoms with van der Waals surface area (Å²) in [5, 5.41) is 13.9. The SMILES string of the molecule is CCN(CC)[C@@H](C(=O)N1CCC[C@H]1c1ncc(-c2ccc(-c3ccc4c(ccc5[nH]c([C@@H]6C[Si](C)(C)CN6C(=O)[C@@H](c6ccccc6)N(CC)CC)nc54)c3)cc2)[nH]1)c1ccccc1.CCN(CC)[C@@H](C(=O)O)c1ccccc1.C[Si]1(C)CC[C@H](c2nc3c(ccc4cc(-c5ccc(-c6cnc(C7CCCC7)[nH]6)cc5)ccc43)[nH]2)C1. The molecule has 4 aromatic heterocycles. The van der Waals surface area contributed by atoms with Gasteiger partial charge in [0.1, 0.15) is 41.4 Å². The normalized spacial score (nSPS) is 18.2. The van der Waals surface area contributed by atoms with E-state index in [9.17, 15) is 19.5 Å². The molecule has 1 saturated carbocycles. The van der Waals surface area contributed by atoms with Gasteiger partial charge >= 0.3 is 5.97 Å². The van der Waals surface area contributed by atoms with E-state index >= 15 is 0 Å². The van der Waals surface area contributed by atoms with E-state index in [4.69, 9.17) is 15.0 Å². The zero-order valence-corrected chi connectivity index (χ0v) is 70.7. The van der Waals surface area contributed by atoms with Crippen molar-refractivity contribution in [1.82, 2.24) is 64.4 Å². The van der Waals surface area contributed by atoms with Crippen molar-refractivity contribution in [1.29, 1.82) is 0 Å². The lowest BCUT2D eigenvalue weighted by Gasteiger charge is -2.34. The van der Waals surface area contributed by atoms with Crippen molar-refractivity contribution in [3.05, 3.63) is 253 Å². The van der Waals surface area contributed by atoms with Crippen molar-refractivity contribution in [2.45, 2.75) is 173 Å². The average Bonchev–Trinajstić information content (AvgIpc) is 1.33. The lowest BCUT2D eigenvalue weighted by Crippen LogP contribution is -2.44. The number of rotatable bonds is 23. The molecule has 4 fully saturated rings. The molecule has 1 aliphatic carbocycles. The van der Waals surface area contributed by atoms with Gasteiger partial charge < -0.3 is 34.8 Å². The maximum atomic E-state index is 14.7. The molecule has 0 unspecified atom stereocenters. The van der Waals surface area contributed by atoms with Gasteiger partial charge in [0.15, 0.2) is 0 Å². The molecule has 13 aromatic rings. The van der Waals surface area contributed by atoms with Crippen LogP contribution in [0.3, 0.4) is 0 Å². The van der Waals surface area contributed by atoms with E-state index < -0.39 is 28.2 Å². The molecule has 4 aliphatic rings. The summed E-state index contributed by atoms with van der Waals surface area (Å²) in [6.07, 6.45) is 13.0. The molecular weight excluding hydrogens is 1460 g/mol. The fourth-order valence-corrected chi connectivity index (χ4v) is 24.8. The van der Waals surface area contributed by atoms with Gasteiger partial charge in [-0.25, -0.2) is 19.9 Å². The number of likely N-dealkylation sites (tertiary alicyclic amines) is 1. The van der Waals surface area contributed by atoms with Crippen LogP contribution in [0, 0.1) is 0 Å². The van der Waals surface area contributed by atoms with Crippen LogP contribution in [0.5, 0.6) is 0 Å². The predicted molar refractivity (Wildman–Crippen MR) is 473 cm³/mol. The van der Waals surface area contributed by atoms with Crippen molar-refractivity contribution in [2.24, 2.45) is 0 Å². The molecule has 17 nitrogen and oxygen atoms in total. The summed E-state index contributed by atoms with van der Waals surface area (Å²) in [6.45, 7) is 27.7. The van der Waals surface area contributed by atoms with E-state index in [2.05, 4.69) is 227 Å². The Morgan fingerprint density at radius 3 is 1.34 bits per heavy atom. The van der Waals surface area contributed by atoms with Crippen LogP contribution in [0.2, 0.25) is 44.3 Å². The Morgan fingerprint density at radius 1 is 0.426 bits per heavy atom. The number of aromatic nitrogens is 8. The van der Waals surface area contributed by atoms with Crippen molar-refractivity contribution in [2.75, 3.05) is 52.0 Å². The predicted octanol–water partition coefficient (Wildman–Crippen LogP) is 21.5. The number of carbonyl (C=O) groups excluding carboxylic acids is 2. The summed E-state index contributed by atoms with van der Waals surface area (Å²) >= 11 is 0. The van der Waals surface area contributed by atoms with E-state index in [1.54, 1.807) is 0 Å². The van der Waals surface area contributed by atoms with Gasteiger partial charge in [-0.05, 0) is 169 Å². The number of imidazole rings is 4. The number of aliphatic carboxylic acids is 1. The highest BCUT2D eigenvalue weighted by atomic mass is 28.3. The molecule has 19 heteroatoms. The van der Waals surface area contributed by atoms with E-state index in [-0.39, 0.29) is 36.0 Å². The van der Waals surface area contributed by atoms with E-state index in [1.807, 2.05) is 103 Å². The first kappa shape index (κ1) is 79.8. The molecule has 0 spiro atoms. The van der Waals surface area contributed by atoms with E-state index in [0.29, 0.717) is 11.8 Å². The Morgan fingerprint density at radius 2 is 0.861 bits per heavy atom. The monoisotopic (exact) mass is 1570 g/mol. The number of fused-ring (bicyclic) bond motifs is 6. The number of likely N-dealkylation sites (N-methyl/N-ethyl adjacent to an activating group) is 3. The van der Waals surface area contributed by atoms with Gasteiger partial charge in [-0.1, -0.05) is 263 Å². The van der Waals surface area contributed by atoms with Gasteiger partial charge in [-0.3, -0.25) is 29.1 Å². The number of amides is 2. The lowest BCUT2D eigenvalue weighted by atomic mass is 9.99. The fraction of sp³-hybridized carbons (Fsp3) is 0.365. The Labute approximate surface area is 679 Å². The maximum absolute atomic E-state index is 14.7. The Balaban J connectivity index is 0.000000169. The van der Waals surface area contributed by atoms with Crippen LogP contribution in [0.15, 0.2) is 213 Å². The van der Waals surface area contributed by atoms with Crippen LogP contribution in [0.4, 0.5) is 0 Å². The molecule has 3 saturated heterocycles. The zero-order chi connectivity index (χ0) is 80.1. The van der Waals surface area contributed by atoms with Crippen molar-refractivity contribution < 1.29 is 19.5 Å². The van der Waals surface area contributed by atoms with Crippen molar-refractivity contribution in [3.63, 3.8) is 0 Å². The standard InChI is InChI=1S/C53H62N8O2Si.C31H34N4Si.C12H17NO2/c1-7-58(8-2)48(38-18-13-11-14-19-38)52(62)60-31-17-22-45(60)50-54-33-44(56-50)37-25-23-36(24-26-37)40-27-29-42-41(32-40)28-30-43-47(42)57-51(55-43)46-34-64(5,6)35-61(46)53(63)49(59(9-3)10-4)39-20-15-12-16-21-39;1-36(2)16-15-25(19-36)31-33-27-14-12-24-17-23(11-13-26(24)29(27)35-31)20-7-9-21(10-8-20)28-18-32-30(34-28)22-5-3-4-6-22;1-3-13(4-2)11(12(14)15)10-8-6-5-7-9-10/h11-16,18-21,23-30,32-33,45-46,48-49H,7-10,17,22,31,34-35H2,1-6H3,(H,54,56)(H,55,57);7-14,17-18,22,25H,3-6,15-16,19H2,1-2H3,(H,32,34)(H,33,35);5-9,11H,3-4H2,1-2H3,(H,14,15)/t45-,46-,48+,49+;25-;11-/m001/s1. The van der Waals surface area contributed by atoms with Crippen LogP contribution < -0.4 is 0 Å². The van der Waals surface area contributed by atoms with E-state index in [0.717, 1.165) is 166 Å². The van der Waals surface area contributed by atoms with Crippen LogP contribution in [-0.4, -0.2) is 155 Å². The Bertz CT molecular complexity index is 5490. The summed E-state index contributed by atoms with van der Waals surface area (Å²) in [7, 11) is -2.74. The molecule has 115 heavy (non-hydrogen) atoms. The molecule has 594 valence electrons. The number of benzene rings is 9. The lowest BCUT2D eigenvalue weighted by molar-refractivity contribution is -0.143. The number of nitrogens with one attached hydrogen (secondary N) is 4.